The van der Waals surface area contributed by atoms with E-state index in [0.717, 1.165) is 22.5 Å². The van der Waals surface area contributed by atoms with Crippen molar-refractivity contribution in [3.8, 4) is 5.75 Å². The number of hydrogen-bond acceptors (Lipinski definition) is 8. The number of carbonyl (C=O) groups is 2. The molecule has 0 saturated carbocycles. The average Bonchev–Trinajstić information content (AvgIpc) is 3.44. The van der Waals surface area contributed by atoms with Gasteiger partial charge in [-0.15, -0.1) is 11.3 Å². The maximum absolute atomic E-state index is 12.9. The molecule has 2 aromatic carbocycles. The van der Waals surface area contributed by atoms with Crippen molar-refractivity contribution in [2.45, 2.75) is 30.3 Å². The van der Waals surface area contributed by atoms with Gasteiger partial charge in [0.25, 0.3) is 16.5 Å². The molecule has 202 valence electrons. The predicted molar refractivity (Wildman–Crippen MR) is 146 cm³/mol. The van der Waals surface area contributed by atoms with Crippen LogP contribution in [-0.2, 0) is 32.7 Å². The number of hydrogen-bond donors (Lipinski definition) is 4. The fraction of sp³-hybridized carbons (Fsp3) is 0.208. The first-order valence-electron chi connectivity index (χ1n) is 11.1. The van der Waals surface area contributed by atoms with Gasteiger partial charge in [0.15, 0.2) is 5.82 Å². The number of fused-ring (bicyclic) bond motifs is 1. The Hall–Kier alpha value is -3.65. The van der Waals surface area contributed by atoms with Crippen molar-refractivity contribution in [2.75, 3.05) is 11.8 Å². The van der Waals surface area contributed by atoms with Gasteiger partial charge in [0, 0.05) is 6.54 Å². The number of halogens is 1. The summed E-state index contributed by atoms with van der Waals surface area (Å²) in [5.74, 6) is -0.466. The number of likely N-dealkylation sites (N-methyl/N-ethyl adjacent to an activating group) is 1. The largest absolute Gasteiger partial charge is 0.507 e. The van der Waals surface area contributed by atoms with Gasteiger partial charge in [-0.1, -0.05) is 41.9 Å². The lowest BCUT2D eigenvalue weighted by atomic mass is 10.1. The zero-order chi connectivity index (χ0) is 28.0. The first kappa shape index (κ1) is 28.9. The maximum atomic E-state index is 12.9. The molecule has 0 aliphatic rings. The third-order valence-corrected chi connectivity index (χ3v) is 8.69. The molecule has 0 fully saturated rings. The van der Waals surface area contributed by atoms with Crippen LogP contribution in [0.4, 0.5) is 5.82 Å². The van der Waals surface area contributed by atoms with Crippen LogP contribution in [0.25, 0.3) is 10.9 Å². The van der Waals surface area contributed by atoms with Crippen LogP contribution in [-0.4, -0.2) is 58.8 Å². The summed E-state index contributed by atoms with van der Waals surface area (Å²) < 4.78 is 30.2. The summed E-state index contributed by atoms with van der Waals surface area (Å²) in [5, 5.41) is 22.1. The summed E-state index contributed by atoms with van der Waals surface area (Å²) >= 11 is 6.83. The average molecular weight is 580 g/mol. The molecule has 0 aliphatic heterocycles. The highest BCUT2D eigenvalue weighted by Gasteiger charge is 2.22. The number of aromatic hydroxyl groups is 1. The Balaban J connectivity index is 0.00000127. The van der Waals surface area contributed by atoms with Crippen LogP contribution >= 0.6 is 22.9 Å². The molecule has 1 atom stereocenters. The van der Waals surface area contributed by atoms with Gasteiger partial charge in [0.05, 0.1) is 27.8 Å². The monoisotopic (exact) mass is 579 g/mol. The van der Waals surface area contributed by atoms with Gasteiger partial charge in [-0.05, 0) is 49.4 Å². The number of amides is 1. The van der Waals surface area contributed by atoms with Crippen LogP contribution in [0.2, 0.25) is 4.34 Å². The van der Waals surface area contributed by atoms with Crippen LogP contribution in [0, 0.1) is 0 Å². The van der Waals surface area contributed by atoms with E-state index in [9.17, 15) is 18.3 Å². The molecule has 2 aromatic heterocycles. The van der Waals surface area contributed by atoms with E-state index >= 15 is 0 Å². The van der Waals surface area contributed by atoms with Crippen molar-refractivity contribution in [1.82, 2.24) is 14.7 Å². The number of phenols is 1. The Bertz CT molecular complexity index is 1550. The zero-order valence-electron chi connectivity index (χ0n) is 20.4. The number of carbonyl (C=O) groups excluding carboxylic acids is 1. The summed E-state index contributed by atoms with van der Waals surface area (Å²) in [6.07, 6.45) is 0. The van der Waals surface area contributed by atoms with Gasteiger partial charge >= 0.3 is 0 Å². The molecule has 2 heterocycles. The molecular formula is C24H26ClN5O6S2. The lowest BCUT2D eigenvalue weighted by molar-refractivity contribution is -0.123. The third kappa shape index (κ3) is 6.81. The van der Waals surface area contributed by atoms with Crippen molar-refractivity contribution < 1.29 is 28.2 Å². The smallest absolute Gasteiger partial charge is 0.290 e. The predicted octanol–water partition coefficient (Wildman–Crippen LogP) is 3.31. The van der Waals surface area contributed by atoms with E-state index in [1.54, 1.807) is 23.7 Å². The second-order valence-electron chi connectivity index (χ2n) is 8.26. The fourth-order valence-electron chi connectivity index (χ4n) is 3.66. The topological polar surface area (TPSA) is 168 Å². The van der Waals surface area contributed by atoms with Crippen LogP contribution in [0.15, 0.2) is 58.8 Å². The van der Waals surface area contributed by atoms with Gasteiger partial charge in [0.1, 0.15) is 9.96 Å². The van der Waals surface area contributed by atoms with Gasteiger partial charge < -0.3 is 15.9 Å². The molecule has 0 saturated heterocycles. The Kier molecular flexibility index (Phi) is 9.33. The number of carboxylic acid groups (broad SMARTS) is 1. The first-order chi connectivity index (χ1) is 18.0. The van der Waals surface area contributed by atoms with Crippen LogP contribution < -0.4 is 10.5 Å². The lowest BCUT2D eigenvalue weighted by Crippen LogP contribution is -2.39. The van der Waals surface area contributed by atoms with E-state index < -0.39 is 22.0 Å². The molecular weight excluding hydrogens is 554 g/mol. The number of sulfonamides is 1. The Labute approximate surface area is 228 Å². The van der Waals surface area contributed by atoms with Crippen molar-refractivity contribution in [1.29, 1.82) is 0 Å². The van der Waals surface area contributed by atoms with E-state index in [1.165, 1.54) is 18.2 Å². The number of phenolic OH excluding ortho intramolecular Hbond substituents is 1. The van der Waals surface area contributed by atoms with Gasteiger partial charge in [-0.25, -0.2) is 8.42 Å². The summed E-state index contributed by atoms with van der Waals surface area (Å²) in [5.41, 5.74) is 7.86. The number of aromatic nitrogens is 2. The van der Waals surface area contributed by atoms with E-state index in [2.05, 4.69) is 9.82 Å². The number of rotatable bonds is 9. The number of thiophene rings is 1. The molecule has 11 nitrogen and oxygen atoms in total. The van der Waals surface area contributed by atoms with E-state index in [4.69, 9.17) is 27.2 Å². The van der Waals surface area contributed by atoms with E-state index in [1.807, 2.05) is 36.2 Å². The van der Waals surface area contributed by atoms with Crippen LogP contribution in [0.5, 0.6) is 5.75 Å². The van der Waals surface area contributed by atoms with E-state index in [0.29, 0.717) is 28.3 Å². The molecule has 38 heavy (non-hydrogen) atoms. The minimum Gasteiger partial charge on any atom is -0.507 e. The molecule has 14 heteroatoms. The quantitative estimate of drug-likeness (QED) is 0.219. The number of nitrogens with one attached hydrogen (secondary N) is 1. The Morgan fingerprint density at radius 1 is 1.24 bits per heavy atom. The number of anilines is 1. The lowest BCUT2D eigenvalue weighted by Gasteiger charge is -2.22. The van der Waals surface area contributed by atoms with Crippen molar-refractivity contribution in [3.63, 3.8) is 0 Å². The van der Waals surface area contributed by atoms with E-state index in [-0.39, 0.29) is 22.2 Å². The highest BCUT2D eigenvalue weighted by Crippen LogP contribution is 2.34. The highest BCUT2D eigenvalue weighted by atomic mass is 35.5. The second kappa shape index (κ2) is 12.3. The highest BCUT2D eigenvalue weighted by molar-refractivity contribution is 7.94. The number of benzene rings is 2. The molecule has 4 aromatic rings. The summed E-state index contributed by atoms with van der Waals surface area (Å²) in [6, 6.07) is 15.2. The molecule has 0 bridgehead atoms. The molecule has 4 rings (SSSR count). The maximum Gasteiger partial charge on any atom is 0.290 e. The summed E-state index contributed by atoms with van der Waals surface area (Å²) in [6.45, 7) is 2.35. The molecule has 0 radical (unpaired) electrons. The Morgan fingerprint density at radius 3 is 2.53 bits per heavy atom. The number of nitrogens with two attached hydrogens (primary N) is 1. The van der Waals surface area contributed by atoms with Gasteiger partial charge in [-0.2, -0.15) is 5.10 Å². The van der Waals surface area contributed by atoms with Crippen LogP contribution in [0.1, 0.15) is 18.1 Å². The second-order valence-corrected chi connectivity index (χ2v) is 11.9. The molecule has 0 unspecified atom stereocenters. The van der Waals surface area contributed by atoms with Crippen molar-refractivity contribution in [3.05, 3.63) is 70.1 Å². The summed E-state index contributed by atoms with van der Waals surface area (Å²) in [4.78, 5) is 21.7. The molecule has 0 spiro atoms. The number of primary amides is 1. The minimum absolute atomic E-state index is 0.0220. The third-order valence-electron chi connectivity index (χ3n) is 5.63. The van der Waals surface area contributed by atoms with Gasteiger partial charge in [-0.3, -0.25) is 23.9 Å². The fourth-order valence-corrected chi connectivity index (χ4v) is 6.16. The first-order valence-corrected chi connectivity index (χ1v) is 13.8. The van der Waals surface area contributed by atoms with Crippen molar-refractivity contribution in [2.24, 2.45) is 5.73 Å². The molecule has 1 amide bonds. The summed E-state index contributed by atoms with van der Waals surface area (Å²) in [7, 11) is -2.12. The van der Waals surface area contributed by atoms with Gasteiger partial charge in [0.2, 0.25) is 5.91 Å². The SMILES string of the molecule is C[C@H](C(N)=O)N(C)Cc1cccc(Cn2nc(NS(=O)(=O)c3ccc(Cl)s3)c3c(O)cccc32)c1.O=CO. The standard InChI is InChI=1S/C23H24ClN5O4S2.CH2O2/c1-14(22(25)31)28(2)12-15-5-3-6-16(11-15)13-29-17-7-4-8-18(30)21(17)23(26-29)27-35(32,33)20-10-9-19(24)34-20;2-1-3/h3-11,14,30H,12-13H2,1-2H3,(H2,25,31)(H,26,27);1H,(H,2,3)/t14-;/m1./s1. The Morgan fingerprint density at radius 2 is 1.89 bits per heavy atom. The normalized spacial score (nSPS) is 12.1. The molecule has 5 N–H and O–H groups in total. The minimum atomic E-state index is -3.94. The van der Waals surface area contributed by atoms with Crippen LogP contribution in [0.3, 0.4) is 0 Å². The number of nitrogens with zero attached hydrogens (tertiary/aromatic N) is 3. The van der Waals surface area contributed by atoms with Crippen molar-refractivity contribution >= 4 is 62.1 Å². The molecule has 0 aliphatic carbocycles. The zero-order valence-corrected chi connectivity index (χ0v) is 22.8.